The number of piperidine rings is 1. The van der Waals surface area contributed by atoms with E-state index in [0.717, 1.165) is 27.2 Å². The number of carbonyl (C=O) groups excluding carboxylic acids is 1. The number of rotatable bonds is 7. The number of halogens is 1. The summed E-state index contributed by atoms with van der Waals surface area (Å²) in [6.45, 7) is 11.8. The first-order chi connectivity index (χ1) is 12.2. The van der Waals surface area contributed by atoms with Crippen LogP contribution in [0.2, 0.25) is 0 Å². The Hall–Kier alpha value is -1.09. The summed E-state index contributed by atoms with van der Waals surface area (Å²) >= 11 is 5.01. The normalized spacial score (nSPS) is 15.8. The maximum absolute atomic E-state index is 12.0. The number of nitrogens with one attached hydrogen (secondary N) is 1. The second-order valence-corrected chi connectivity index (χ2v) is 9.53. The van der Waals surface area contributed by atoms with Crippen molar-refractivity contribution in [2.75, 3.05) is 26.3 Å². The zero-order valence-corrected chi connectivity index (χ0v) is 18.0. The van der Waals surface area contributed by atoms with E-state index in [4.69, 9.17) is 14.3 Å². The molecule has 0 spiro atoms. The molecular weight excluding hydrogens is 420 g/mol. The number of amides is 1. The molecule has 26 heavy (non-hydrogen) atoms. The van der Waals surface area contributed by atoms with Crippen molar-refractivity contribution in [1.82, 2.24) is 10.4 Å². The van der Waals surface area contributed by atoms with Crippen LogP contribution in [0, 0.1) is 0 Å². The molecule has 1 aromatic rings. The molecule has 1 aromatic heterocycles. The third-order valence-electron chi connectivity index (χ3n) is 3.70. The van der Waals surface area contributed by atoms with Gasteiger partial charge in [0.1, 0.15) is 5.60 Å². The largest absolute Gasteiger partial charge is 0.444 e. The number of ether oxygens (including phenoxy) is 2. The third kappa shape index (κ3) is 7.26. The van der Waals surface area contributed by atoms with Gasteiger partial charge in [-0.3, -0.25) is 10.3 Å². The lowest BCUT2D eigenvalue weighted by Crippen LogP contribution is -2.43. The molecule has 0 bridgehead atoms. The van der Waals surface area contributed by atoms with Gasteiger partial charge in [-0.2, -0.15) is 0 Å². The molecule has 0 radical (unpaired) electrons. The maximum Gasteiger partial charge on any atom is 0.410 e. The van der Waals surface area contributed by atoms with E-state index in [1.54, 1.807) is 16.2 Å². The first-order valence-corrected chi connectivity index (χ1v) is 10.3. The molecule has 146 valence electrons. The highest BCUT2D eigenvalue weighted by Gasteiger charge is 2.27. The van der Waals surface area contributed by atoms with E-state index in [2.05, 4.69) is 28.0 Å². The minimum Gasteiger partial charge on any atom is -0.444 e. The molecule has 0 aromatic carbocycles. The Morgan fingerprint density at radius 3 is 2.62 bits per heavy atom. The van der Waals surface area contributed by atoms with E-state index in [9.17, 15) is 4.79 Å². The fraction of sp³-hybridized carbons (Fsp3) is 0.611. The van der Waals surface area contributed by atoms with E-state index in [0.29, 0.717) is 26.3 Å². The number of hydroxylamine groups is 1. The summed E-state index contributed by atoms with van der Waals surface area (Å²) in [5.74, 6) is 0. The lowest BCUT2D eigenvalue weighted by Gasteiger charge is -2.33. The maximum atomic E-state index is 12.0. The number of hydrogen-bond acceptors (Lipinski definition) is 6. The summed E-state index contributed by atoms with van der Waals surface area (Å²) < 4.78 is 12.3. The van der Waals surface area contributed by atoms with Crippen molar-refractivity contribution in [2.24, 2.45) is 0 Å². The van der Waals surface area contributed by atoms with Crippen LogP contribution in [0.15, 0.2) is 22.5 Å². The molecule has 1 N–H and O–H groups in total. The molecule has 0 saturated carbocycles. The first-order valence-electron chi connectivity index (χ1n) is 8.66. The first kappa shape index (κ1) is 21.2. The van der Waals surface area contributed by atoms with Gasteiger partial charge < -0.3 is 14.4 Å². The van der Waals surface area contributed by atoms with Gasteiger partial charge >= 0.3 is 6.09 Å². The molecule has 0 atom stereocenters. The lowest BCUT2D eigenvalue weighted by molar-refractivity contribution is -0.0388. The molecule has 1 fully saturated rings. The smallest absolute Gasteiger partial charge is 0.410 e. The Balaban J connectivity index is 1.56. The summed E-state index contributed by atoms with van der Waals surface area (Å²) in [6.07, 6.45) is 1.52. The minimum absolute atomic E-state index is 0.147. The molecule has 1 aliphatic heterocycles. The Morgan fingerprint density at radius 2 is 2.04 bits per heavy atom. The quantitative estimate of drug-likeness (QED) is 0.496. The Kier molecular flexibility index (Phi) is 7.94. The van der Waals surface area contributed by atoms with E-state index in [-0.39, 0.29) is 12.2 Å². The zero-order valence-electron chi connectivity index (χ0n) is 15.5. The van der Waals surface area contributed by atoms with Gasteiger partial charge in [-0.05, 0) is 61.7 Å². The van der Waals surface area contributed by atoms with E-state index in [1.165, 1.54) is 0 Å². The Labute approximate surface area is 167 Å². The predicted octanol–water partition coefficient (Wildman–Crippen LogP) is 4.42. The lowest BCUT2D eigenvalue weighted by atomic mass is 10.1. The van der Waals surface area contributed by atoms with Crippen molar-refractivity contribution in [3.8, 4) is 0 Å². The molecule has 1 aliphatic rings. The number of thiophene rings is 1. The molecule has 2 heterocycles. The number of carbonyl (C=O) groups is 1. The third-order valence-corrected chi connectivity index (χ3v) is 5.38. The average Bonchev–Trinajstić information content (AvgIpc) is 3.00. The van der Waals surface area contributed by atoms with Gasteiger partial charge in [0, 0.05) is 13.1 Å². The molecule has 8 heteroatoms. The molecular formula is C18H27BrN2O4S. The van der Waals surface area contributed by atoms with Crippen molar-refractivity contribution in [2.45, 2.75) is 45.3 Å². The van der Waals surface area contributed by atoms with Crippen molar-refractivity contribution < 1.29 is 19.1 Å². The minimum atomic E-state index is -0.460. The summed E-state index contributed by atoms with van der Waals surface area (Å²) in [7, 11) is 0. The molecule has 0 aliphatic carbocycles. The van der Waals surface area contributed by atoms with Gasteiger partial charge in [-0.1, -0.05) is 6.58 Å². The van der Waals surface area contributed by atoms with E-state index in [1.807, 2.05) is 32.9 Å². The van der Waals surface area contributed by atoms with Crippen LogP contribution in [0.4, 0.5) is 4.79 Å². The van der Waals surface area contributed by atoms with Gasteiger partial charge in [0.2, 0.25) is 0 Å². The highest BCUT2D eigenvalue weighted by atomic mass is 79.9. The highest BCUT2D eigenvalue weighted by molar-refractivity contribution is 9.11. The van der Waals surface area contributed by atoms with Gasteiger partial charge in [0.25, 0.3) is 0 Å². The van der Waals surface area contributed by atoms with Gasteiger partial charge in [-0.25, -0.2) is 4.79 Å². The van der Waals surface area contributed by atoms with Crippen LogP contribution >= 0.6 is 27.3 Å². The molecule has 1 saturated heterocycles. The average molecular weight is 447 g/mol. The monoisotopic (exact) mass is 446 g/mol. The van der Waals surface area contributed by atoms with Crippen LogP contribution in [0.5, 0.6) is 0 Å². The summed E-state index contributed by atoms with van der Waals surface area (Å²) in [4.78, 5) is 20.2. The van der Waals surface area contributed by atoms with Crippen molar-refractivity contribution >= 4 is 39.1 Å². The SMILES string of the molecule is C=C(NOCCOC1CCN(C(=O)OC(C)(C)C)CC1)c1ccc(Br)s1. The molecule has 6 nitrogen and oxygen atoms in total. The molecule has 0 unspecified atom stereocenters. The molecule has 2 rings (SSSR count). The Bertz CT molecular complexity index is 607. The molecule has 1 amide bonds. The summed E-state index contributed by atoms with van der Waals surface area (Å²) in [5.41, 5.74) is 3.11. The summed E-state index contributed by atoms with van der Waals surface area (Å²) in [6, 6.07) is 3.95. The second-order valence-electron chi connectivity index (χ2n) is 7.07. The Morgan fingerprint density at radius 1 is 1.35 bits per heavy atom. The van der Waals surface area contributed by atoms with Gasteiger partial charge in [-0.15, -0.1) is 11.3 Å². The van der Waals surface area contributed by atoms with Crippen molar-refractivity contribution in [3.05, 3.63) is 27.4 Å². The van der Waals surface area contributed by atoms with Crippen LogP contribution < -0.4 is 5.48 Å². The van der Waals surface area contributed by atoms with Crippen LogP contribution in [0.3, 0.4) is 0 Å². The van der Waals surface area contributed by atoms with Crippen LogP contribution in [0.25, 0.3) is 5.70 Å². The van der Waals surface area contributed by atoms with Crippen LogP contribution in [-0.2, 0) is 14.3 Å². The highest BCUT2D eigenvalue weighted by Crippen LogP contribution is 2.25. The topological polar surface area (TPSA) is 60.0 Å². The fourth-order valence-electron chi connectivity index (χ4n) is 2.45. The van der Waals surface area contributed by atoms with Crippen molar-refractivity contribution in [3.63, 3.8) is 0 Å². The second kappa shape index (κ2) is 9.73. The number of likely N-dealkylation sites (tertiary alicyclic amines) is 1. The zero-order chi connectivity index (χ0) is 19.2. The van der Waals surface area contributed by atoms with E-state index >= 15 is 0 Å². The number of hydrogen-bond donors (Lipinski definition) is 1. The van der Waals surface area contributed by atoms with E-state index < -0.39 is 5.60 Å². The van der Waals surface area contributed by atoms with Crippen LogP contribution in [0.1, 0.15) is 38.5 Å². The number of nitrogens with zero attached hydrogens (tertiary/aromatic N) is 1. The fourth-order valence-corrected chi connectivity index (χ4v) is 3.76. The predicted molar refractivity (Wildman–Crippen MR) is 107 cm³/mol. The van der Waals surface area contributed by atoms with Crippen molar-refractivity contribution in [1.29, 1.82) is 0 Å². The standard InChI is InChI=1S/C18H27BrN2O4S/c1-13(15-5-6-16(19)26-15)20-24-12-11-23-14-7-9-21(10-8-14)17(22)25-18(2,3)4/h5-6,14,20H,1,7-12H2,2-4H3. The van der Waals surface area contributed by atoms with Gasteiger partial charge in [0.15, 0.2) is 0 Å². The van der Waals surface area contributed by atoms with Crippen LogP contribution in [-0.4, -0.2) is 49.0 Å². The van der Waals surface area contributed by atoms with Gasteiger partial charge in [0.05, 0.1) is 33.7 Å². The summed E-state index contributed by atoms with van der Waals surface area (Å²) in [5, 5.41) is 0.